The predicted octanol–water partition coefficient (Wildman–Crippen LogP) is 1.79. The van der Waals surface area contributed by atoms with Crippen molar-refractivity contribution in [2.45, 2.75) is 12.8 Å². The number of hydrogen-bond acceptors (Lipinski definition) is 3. The highest BCUT2D eigenvalue weighted by atomic mass is 35.5. The highest BCUT2D eigenvalue weighted by molar-refractivity contribution is 6.32. The van der Waals surface area contributed by atoms with E-state index in [4.69, 9.17) is 21.4 Å². The zero-order valence-electron chi connectivity index (χ0n) is 10.7. The molecule has 0 aliphatic rings. The number of carbonyl (C=O) groups is 1. The van der Waals surface area contributed by atoms with Gasteiger partial charge in [-0.3, -0.25) is 0 Å². The first-order valence-electron chi connectivity index (χ1n) is 6.24. The standard InChI is InChI=1S/C13H19ClN2O3/c14-11-5-1-2-6-12(11)19-10-4-8-16-13(18)15-7-3-9-17/h1-2,5-6,17H,3-4,7-10H2,(H2,15,16,18). The van der Waals surface area contributed by atoms with Gasteiger partial charge in [-0.05, 0) is 25.0 Å². The Morgan fingerprint density at radius 3 is 2.58 bits per heavy atom. The van der Waals surface area contributed by atoms with Gasteiger partial charge >= 0.3 is 6.03 Å². The van der Waals surface area contributed by atoms with Gasteiger partial charge in [0, 0.05) is 19.7 Å². The summed E-state index contributed by atoms with van der Waals surface area (Å²) in [6.45, 7) is 1.56. The van der Waals surface area contributed by atoms with Crippen LogP contribution in [0.25, 0.3) is 0 Å². The summed E-state index contributed by atoms with van der Waals surface area (Å²) in [6, 6.07) is 7.04. The van der Waals surface area contributed by atoms with Crippen molar-refractivity contribution in [2.24, 2.45) is 0 Å². The zero-order valence-corrected chi connectivity index (χ0v) is 11.4. The molecule has 3 N–H and O–H groups in total. The van der Waals surface area contributed by atoms with Crippen LogP contribution in [0.15, 0.2) is 24.3 Å². The summed E-state index contributed by atoms with van der Waals surface area (Å²) in [6.07, 6.45) is 1.25. The summed E-state index contributed by atoms with van der Waals surface area (Å²) < 4.78 is 5.48. The third-order valence-electron chi connectivity index (χ3n) is 2.32. The van der Waals surface area contributed by atoms with Gasteiger partial charge in [0.05, 0.1) is 11.6 Å². The van der Waals surface area contributed by atoms with Crippen molar-refractivity contribution in [3.05, 3.63) is 29.3 Å². The maximum atomic E-state index is 11.2. The van der Waals surface area contributed by atoms with Crippen LogP contribution in [0.1, 0.15) is 12.8 Å². The highest BCUT2D eigenvalue weighted by Gasteiger charge is 2.00. The summed E-state index contributed by atoms with van der Waals surface area (Å²) in [5, 5.41) is 14.5. The fraction of sp³-hybridized carbons (Fsp3) is 0.462. The Morgan fingerprint density at radius 2 is 1.89 bits per heavy atom. The van der Waals surface area contributed by atoms with E-state index in [1.165, 1.54) is 0 Å². The van der Waals surface area contributed by atoms with Crippen LogP contribution in [0.2, 0.25) is 5.02 Å². The van der Waals surface area contributed by atoms with Crippen LogP contribution >= 0.6 is 11.6 Å². The van der Waals surface area contributed by atoms with E-state index in [9.17, 15) is 4.79 Å². The summed E-state index contributed by atoms with van der Waals surface area (Å²) in [7, 11) is 0. The molecule has 5 nitrogen and oxygen atoms in total. The van der Waals surface area contributed by atoms with Gasteiger partial charge in [-0.1, -0.05) is 23.7 Å². The number of benzene rings is 1. The minimum atomic E-state index is -0.230. The lowest BCUT2D eigenvalue weighted by molar-refractivity contribution is 0.236. The van der Waals surface area contributed by atoms with Crippen LogP contribution in [-0.4, -0.2) is 37.4 Å². The number of para-hydroxylation sites is 1. The zero-order chi connectivity index (χ0) is 13.9. The average Bonchev–Trinajstić information content (AvgIpc) is 2.41. The summed E-state index contributed by atoms with van der Waals surface area (Å²) in [5.74, 6) is 0.650. The lowest BCUT2D eigenvalue weighted by Gasteiger charge is -2.09. The van der Waals surface area contributed by atoms with Gasteiger partial charge in [-0.15, -0.1) is 0 Å². The maximum absolute atomic E-state index is 11.2. The lowest BCUT2D eigenvalue weighted by Crippen LogP contribution is -2.37. The van der Waals surface area contributed by atoms with E-state index in [1.807, 2.05) is 12.1 Å². The minimum Gasteiger partial charge on any atom is -0.492 e. The Balaban J connectivity index is 2.05. The number of carbonyl (C=O) groups excluding carboxylic acids is 1. The predicted molar refractivity (Wildman–Crippen MR) is 74.7 cm³/mol. The third kappa shape index (κ3) is 6.88. The minimum absolute atomic E-state index is 0.0754. The van der Waals surface area contributed by atoms with Gasteiger partial charge in [0.2, 0.25) is 0 Å². The van der Waals surface area contributed by atoms with Crippen LogP contribution < -0.4 is 15.4 Å². The Kier molecular flexibility index (Phi) is 7.77. The maximum Gasteiger partial charge on any atom is 0.314 e. The average molecular weight is 287 g/mol. The Morgan fingerprint density at radius 1 is 1.21 bits per heavy atom. The second-order valence-corrected chi connectivity index (χ2v) is 4.30. The van der Waals surface area contributed by atoms with Gasteiger partial charge in [-0.2, -0.15) is 0 Å². The number of urea groups is 1. The molecule has 0 saturated heterocycles. The molecule has 0 unspecified atom stereocenters. The van der Waals surface area contributed by atoms with Crippen LogP contribution in [0.3, 0.4) is 0 Å². The number of halogens is 1. The number of amides is 2. The van der Waals surface area contributed by atoms with Crippen LogP contribution in [0, 0.1) is 0 Å². The van der Waals surface area contributed by atoms with Crippen molar-refractivity contribution in [3.8, 4) is 5.75 Å². The van der Waals surface area contributed by atoms with Crippen LogP contribution in [0.4, 0.5) is 4.79 Å². The molecule has 1 aromatic carbocycles. The molecular weight excluding hydrogens is 268 g/mol. The SMILES string of the molecule is O=C(NCCCO)NCCCOc1ccccc1Cl. The van der Waals surface area contributed by atoms with E-state index in [-0.39, 0.29) is 12.6 Å². The number of hydrogen-bond donors (Lipinski definition) is 3. The summed E-state index contributed by atoms with van der Waals surface area (Å²) in [5.41, 5.74) is 0. The quantitative estimate of drug-likeness (QED) is 0.638. The van der Waals surface area contributed by atoms with Crippen molar-refractivity contribution in [2.75, 3.05) is 26.3 Å². The highest BCUT2D eigenvalue weighted by Crippen LogP contribution is 2.22. The van der Waals surface area contributed by atoms with E-state index in [0.717, 1.165) is 0 Å². The molecule has 106 valence electrons. The molecule has 0 aliphatic carbocycles. The first-order chi connectivity index (χ1) is 9.24. The smallest absolute Gasteiger partial charge is 0.314 e. The molecule has 1 rings (SSSR count). The normalized spacial score (nSPS) is 10.0. The Hall–Kier alpha value is -1.46. The van der Waals surface area contributed by atoms with Crippen LogP contribution in [0.5, 0.6) is 5.75 Å². The number of rotatable bonds is 8. The molecule has 0 heterocycles. The van der Waals surface area contributed by atoms with E-state index in [1.54, 1.807) is 12.1 Å². The first kappa shape index (κ1) is 15.6. The van der Waals surface area contributed by atoms with Crippen molar-refractivity contribution in [3.63, 3.8) is 0 Å². The molecule has 0 radical (unpaired) electrons. The number of ether oxygens (including phenoxy) is 1. The lowest BCUT2D eigenvalue weighted by atomic mass is 10.3. The second kappa shape index (κ2) is 9.47. The molecule has 6 heteroatoms. The van der Waals surface area contributed by atoms with Gasteiger partial charge in [-0.25, -0.2) is 4.79 Å². The molecule has 0 atom stereocenters. The van der Waals surface area contributed by atoms with E-state index >= 15 is 0 Å². The number of nitrogens with one attached hydrogen (secondary N) is 2. The largest absolute Gasteiger partial charge is 0.492 e. The fourth-order valence-corrected chi connectivity index (χ4v) is 1.55. The number of aliphatic hydroxyl groups is 1. The van der Waals surface area contributed by atoms with E-state index < -0.39 is 0 Å². The van der Waals surface area contributed by atoms with Crippen molar-refractivity contribution in [1.82, 2.24) is 10.6 Å². The van der Waals surface area contributed by atoms with Gasteiger partial charge < -0.3 is 20.5 Å². The van der Waals surface area contributed by atoms with E-state index in [0.29, 0.717) is 43.3 Å². The van der Waals surface area contributed by atoms with Crippen molar-refractivity contribution < 1.29 is 14.6 Å². The molecule has 19 heavy (non-hydrogen) atoms. The summed E-state index contributed by atoms with van der Waals surface area (Å²) >= 11 is 5.93. The molecule has 0 saturated carbocycles. The molecule has 0 aromatic heterocycles. The topological polar surface area (TPSA) is 70.6 Å². The Bertz CT molecular complexity index is 388. The van der Waals surface area contributed by atoms with Crippen molar-refractivity contribution >= 4 is 17.6 Å². The van der Waals surface area contributed by atoms with Gasteiger partial charge in [0.25, 0.3) is 0 Å². The monoisotopic (exact) mass is 286 g/mol. The first-order valence-corrected chi connectivity index (χ1v) is 6.61. The fourth-order valence-electron chi connectivity index (χ4n) is 1.36. The third-order valence-corrected chi connectivity index (χ3v) is 2.63. The summed E-state index contributed by atoms with van der Waals surface area (Å²) in [4.78, 5) is 11.2. The van der Waals surface area contributed by atoms with Crippen LogP contribution in [-0.2, 0) is 0 Å². The Labute approximate surface area is 117 Å². The molecule has 0 bridgehead atoms. The molecule has 0 aliphatic heterocycles. The number of aliphatic hydroxyl groups excluding tert-OH is 1. The molecule has 0 fully saturated rings. The molecular formula is C13H19ClN2O3. The molecule has 0 spiro atoms. The molecule has 2 amide bonds. The second-order valence-electron chi connectivity index (χ2n) is 3.89. The van der Waals surface area contributed by atoms with E-state index in [2.05, 4.69) is 10.6 Å². The molecule has 1 aromatic rings. The van der Waals surface area contributed by atoms with Crippen molar-refractivity contribution in [1.29, 1.82) is 0 Å². The van der Waals surface area contributed by atoms with Gasteiger partial charge in [0.1, 0.15) is 5.75 Å². The van der Waals surface area contributed by atoms with Gasteiger partial charge in [0.15, 0.2) is 0 Å².